The van der Waals surface area contributed by atoms with Gasteiger partial charge in [-0.1, -0.05) is 36.4 Å². The highest BCUT2D eigenvalue weighted by Crippen LogP contribution is 2.35. The summed E-state index contributed by atoms with van der Waals surface area (Å²) < 4.78 is 5.34. The summed E-state index contributed by atoms with van der Waals surface area (Å²) in [6.07, 6.45) is 3.89. The smallest absolute Gasteiger partial charge is 0.268 e. The summed E-state index contributed by atoms with van der Waals surface area (Å²) in [7, 11) is 0. The number of rotatable bonds is 5. The maximum atomic E-state index is 13.1. The highest BCUT2D eigenvalue weighted by atomic mass is 32.2. The molecule has 1 aromatic heterocycles. The lowest BCUT2D eigenvalue weighted by atomic mass is 10.0. The molecular weight excluding hydrogens is 384 g/mol. The number of hydrogen-bond donors (Lipinski definition) is 2. The summed E-state index contributed by atoms with van der Waals surface area (Å²) in [5.74, 6) is 0.717. The van der Waals surface area contributed by atoms with Gasteiger partial charge in [0.2, 0.25) is 0 Å². The summed E-state index contributed by atoms with van der Waals surface area (Å²) in [4.78, 5) is 26.9. The lowest BCUT2D eigenvalue weighted by Gasteiger charge is -2.26. The maximum Gasteiger partial charge on any atom is 0.268 e. The van der Waals surface area contributed by atoms with Crippen molar-refractivity contribution in [3.63, 3.8) is 0 Å². The molecule has 2 amide bonds. The second kappa shape index (κ2) is 8.84. The molecule has 146 valence electrons. The van der Waals surface area contributed by atoms with Crippen molar-refractivity contribution in [2.45, 2.75) is 17.4 Å². The van der Waals surface area contributed by atoms with Gasteiger partial charge in [0.25, 0.3) is 11.8 Å². The maximum absolute atomic E-state index is 13.1. The van der Waals surface area contributed by atoms with E-state index in [2.05, 4.69) is 16.7 Å². The highest BCUT2D eigenvalue weighted by Gasteiger charge is 2.24. The number of furan rings is 1. The summed E-state index contributed by atoms with van der Waals surface area (Å²) in [6, 6.07) is 20.2. The van der Waals surface area contributed by atoms with Crippen LogP contribution in [0.3, 0.4) is 0 Å². The van der Waals surface area contributed by atoms with Crippen LogP contribution in [0.2, 0.25) is 0 Å². The Bertz CT molecular complexity index is 1030. The van der Waals surface area contributed by atoms with Gasteiger partial charge in [-0.3, -0.25) is 9.59 Å². The minimum absolute atomic E-state index is 0.103. The van der Waals surface area contributed by atoms with Crippen LogP contribution < -0.4 is 10.6 Å². The van der Waals surface area contributed by atoms with E-state index in [9.17, 15) is 9.59 Å². The average Bonchev–Trinajstić information content (AvgIpc) is 3.27. The molecule has 5 nitrogen and oxygen atoms in total. The van der Waals surface area contributed by atoms with E-state index >= 15 is 0 Å². The monoisotopic (exact) mass is 404 g/mol. The fraction of sp³-hybridized carbons (Fsp3) is 0.130. The zero-order valence-corrected chi connectivity index (χ0v) is 16.4. The first-order chi connectivity index (χ1) is 14.2. The van der Waals surface area contributed by atoms with Crippen molar-refractivity contribution in [2.75, 3.05) is 5.75 Å². The molecule has 6 heteroatoms. The number of thioether (sulfide) groups is 1. The van der Waals surface area contributed by atoms with Crippen LogP contribution in [0.15, 0.2) is 88.0 Å². The molecule has 2 heterocycles. The van der Waals surface area contributed by atoms with Gasteiger partial charge in [0.1, 0.15) is 11.5 Å². The van der Waals surface area contributed by atoms with Crippen LogP contribution in [0.25, 0.3) is 6.08 Å². The quantitative estimate of drug-likeness (QED) is 0.618. The molecule has 0 saturated heterocycles. The average molecular weight is 404 g/mol. The topological polar surface area (TPSA) is 71.3 Å². The molecule has 1 atom stereocenters. The minimum Gasteiger partial charge on any atom is -0.465 e. The third-order valence-corrected chi connectivity index (χ3v) is 5.75. The highest BCUT2D eigenvalue weighted by molar-refractivity contribution is 7.99. The molecule has 0 spiro atoms. The van der Waals surface area contributed by atoms with Crippen LogP contribution in [0.1, 0.15) is 34.1 Å². The fourth-order valence-electron chi connectivity index (χ4n) is 3.19. The van der Waals surface area contributed by atoms with Crippen LogP contribution >= 0.6 is 11.8 Å². The minimum atomic E-state index is -0.350. The zero-order valence-electron chi connectivity index (χ0n) is 15.6. The summed E-state index contributed by atoms with van der Waals surface area (Å²) in [5, 5.41) is 5.80. The van der Waals surface area contributed by atoms with Crippen molar-refractivity contribution in [2.24, 2.45) is 0 Å². The van der Waals surface area contributed by atoms with Gasteiger partial charge in [0, 0.05) is 22.3 Å². The first-order valence-corrected chi connectivity index (χ1v) is 10.3. The Kier molecular flexibility index (Phi) is 5.81. The molecule has 0 aliphatic carbocycles. The van der Waals surface area contributed by atoms with E-state index < -0.39 is 0 Å². The Morgan fingerprint density at radius 2 is 1.79 bits per heavy atom. The summed E-state index contributed by atoms with van der Waals surface area (Å²) >= 11 is 1.79. The zero-order chi connectivity index (χ0) is 20.1. The van der Waals surface area contributed by atoms with Crippen molar-refractivity contribution in [3.8, 4) is 0 Å². The van der Waals surface area contributed by atoms with Crippen molar-refractivity contribution < 1.29 is 14.0 Å². The molecule has 1 aliphatic rings. The molecule has 0 bridgehead atoms. The van der Waals surface area contributed by atoms with Gasteiger partial charge in [-0.05, 0) is 42.3 Å². The Labute approximate surface area is 173 Å². The molecule has 1 unspecified atom stereocenters. The van der Waals surface area contributed by atoms with E-state index in [-0.39, 0.29) is 23.6 Å². The fourth-order valence-corrected chi connectivity index (χ4v) is 4.31. The van der Waals surface area contributed by atoms with Crippen molar-refractivity contribution >= 4 is 29.7 Å². The number of carbonyl (C=O) groups is 2. The van der Waals surface area contributed by atoms with Gasteiger partial charge in [0.15, 0.2) is 0 Å². The SMILES string of the molecule is O=C(NC1CCSc2ccccc21)/C(=C/c1ccco1)NC(=O)c1ccccc1. The van der Waals surface area contributed by atoms with Crippen molar-refractivity contribution in [3.05, 3.63) is 95.6 Å². The Hall–Kier alpha value is -3.25. The standard InChI is InChI=1S/C23H20N2O3S/c26-22(16-7-2-1-3-8-16)25-20(15-17-9-6-13-28-17)23(27)24-19-12-14-29-21-11-5-4-10-18(19)21/h1-11,13,15,19H,12,14H2,(H,24,27)(H,25,26)/b20-15-. The van der Waals surface area contributed by atoms with Gasteiger partial charge in [-0.25, -0.2) is 0 Å². The van der Waals surface area contributed by atoms with E-state index in [1.165, 1.54) is 11.2 Å². The first kappa shape index (κ1) is 19.1. The van der Waals surface area contributed by atoms with Gasteiger partial charge in [0.05, 0.1) is 12.3 Å². The molecule has 0 fully saturated rings. The van der Waals surface area contributed by atoms with E-state index in [1.807, 2.05) is 24.3 Å². The van der Waals surface area contributed by atoms with Crippen molar-refractivity contribution in [1.29, 1.82) is 0 Å². The van der Waals surface area contributed by atoms with Crippen molar-refractivity contribution in [1.82, 2.24) is 10.6 Å². The third kappa shape index (κ3) is 4.60. The van der Waals surface area contributed by atoms with Gasteiger partial charge >= 0.3 is 0 Å². The van der Waals surface area contributed by atoms with Crippen LogP contribution in [0.4, 0.5) is 0 Å². The lowest BCUT2D eigenvalue weighted by Crippen LogP contribution is -2.37. The predicted octanol–water partition coefficient (Wildman–Crippen LogP) is 4.40. The van der Waals surface area contributed by atoms with E-state index in [4.69, 9.17) is 4.42 Å². The number of benzene rings is 2. The Morgan fingerprint density at radius 1 is 1.00 bits per heavy atom. The second-order valence-electron chi connectivity index (χ2n) is 6.59. The molecular formula is C23H20N2O3S. The van der Waals surface area contributed by atoms with E-state index in [0.29, 0.717) is 11.3 Å². The number of hydrogen-bond acceptors (Lipinski definition) is 4. The molecule has 3 aromatic rings. The van der Waals surface area contributed by atoms with Gasteiger partial charge < -0.3 is 15.1 Å². The molecule has 2 aromatic carbocycles. The number of amides is 2. The summed E-state index contributed by atoms with van der Waals surface area (Å²) in [5.41, 5.74) is 1.72. The molecule has 0 radical (unpaired) electrons. The molecule has 29 heavy (non-hydrogen) atoms. The van der Waals surface area contributed by atoms with Gasteiger partial charge in [-0.2, -0.15) is 0 Å². The predicted molar refractivity (Wildman–Crippen MR) is 113 cm³/mol. The number of carbonyl (C=O) groups excluding carboxylic acids is 2. The van der Waals surface area contributed by atoms with Crippen LogP contribution in [0.5, 0.6) is 0 Å². The van der Waals surface area contributed by atoms with E-state index in [0.717, 1.165) is 17.7 Å². The summed E-state index contributed by atoms with van der Waals surface area (Å²) in [6.45, 7) is 0. The number of nitrogens with one attached hydrogen (secondary N) is 2. The Morgan fingerprint density at radius 3 is 2.59 bits per heavy atom. The third-order valence-electron chi connectivity index (χ3n) is 4.62. The van der Waals surface area contributed by atoms with Crippen LogP contribution in [-0.4, -0.2) is 17.6 Å². The Balaban J connectivity index is 1.57. The molecule has 2 N–H and O–H groups in total. The first-order valence-electron chi connectivity index (χ1n) is 9.35. The second-order valence-corrected chi connectivity index (χ2v) is 7.73. The number of fused-ring (bicyclic) bond motifs is 1. The lowest BCUT2D eigenvalue weighted by molar-refractivity contribution is -0.118. The normalized spacial score (nSPS) is 16.0. The molecule has 1 aliphatic heterocycles. The largest absolute Gasteiger partial charge is 0.465 e. The van der Waals surface area contributed by atoms with Crippen LogP contribution in [-0.2, 0) is 4.79 Å². The molecule has 4 rings (SSSR count). The van der Waals surface area contributed by atoms with Gasteiger partial charge in [-0.15, -0.1) is 11.8 Å². The molecule has 0 saturated carbocycles. The van der Waals surface area contributed by atoms with Crippen LogP contribution in [0, 0.1) is 0 Å². The van der Waals surface area contributed by atoms with E-state index in [1.54, 1.807) is 54.2 Å².